The van der Waals surface area contributed by atoms with E-state index in [0.29, 0.717) is 5.88 Å². The average molecular weight is 305 g/mol. The smallest absolute Gasteiger partial charge is 0.222 e. The van der Waals surface area contributed by atoms with Gasteiger partial charge < -0.3 is 10.1 Å². The zero-order valence-corrected chi connectivity index (χ0v) is 13.7. The summed E-state index contributed by atoms with van der Waals surface area (Å²) < 4.78 is 6.00. The predicted octanol–water partition coefficient (Wildman–Crippen LogP) is 4.56. The van der Waals surface area contributed by atoms with Crippen LogP contribution in [0, 0.1) is 20.8 Å². The first-order valence-corrected chi connectivity index (χ1v) is 7.50. The molecule has 21 heavy (non-hydrogen) atoms. The lowest BCUT2D eigenvalue weighted by Gasteiger charge is -2.14. The van der Waals surface area contributed by atoms with Gasteiger partial charge in [-0.1, -0.05) is 18.5 Å². The number of nitrogens with one attached hydrogen (secondary N) is 1. The van der Waals surface area contributed by atoms with Crippen LogP contribution >= 0.6 is 11.6 Å². The number of hydrogen-bond acceptors (Lipinski definition) is 3. The molecule has 0 unspecified atom stereocenters. The summed E-state index contributed by atoms with van der Waals surface area (Å²) in [5.74, 6) is 1.47. The van der Waals surface area contributed by atoms with Gasteiger partial charge in [0.25, 0.3) is 0 Å². The van der Waals surface area contributed by atoms with Gasteiger partial charge >= 0.3 is 0 Å². The SMILES string of the molecule is CCNCc1cnc(Oc2c(C)cc(Cl)cc2C)c(C)c1. The second kappa shape index (κ2) is 6.92. The van der Waals surface area contributed by atoms with E-state index < -0.39 is 0 Å². The summed E-state index contributed by atoms with van der Waals surface area (Å²) in [5.41, 5.74) is 4.21. The molecule has 1 heterocycles. The molecule has 1 aromatic carbocycles. The normalized spacial score (nSPS) is 10.7. The Bertz CT molecular complexity index is 618. The Morgan fingerprint density at radius 2 is 1.76 bits per heavy atom. The lowest BCUT2D eigenvalue weighted by Crippen LogP contribution is -2.12. The maximum absolute atomic E-state index is 6.05. The van der Waals surface area contributed by atoms with Crippen molar-refractivity contribution in [1.29, 1.82) is 0 Å². The molecular weight excluding hydrogens is 284 g/mol. The summed E-state index contributed by atoms with van der Waals surface area (Å²) in [6.45, 7) is 9.85. The van der Waals surface area contributed by atoms with E-state index in [9.17, 15) is 0 Å². The third-order valence-electron chi connectivity index (χ3n) is 3.29. The molecule has 0 aliphatic rings. The second-order valence-corrected chi connectivity index (χ2v) is 5.65. The Hall–Kier alpha value is -1.58. The van der Waals surface area contributed by atoms with Crippen molar-refractivity contribution >= 4 is 11.6 Å². The van der Waals surface area contributed by atoms with Crippen LogP contribution < -0.4 is 10.1 Å². The third-order valence-corrected chi connectivity index (χ3v) is 3.51. The molecule has 0 radical (unpaired) electrons. The van der Waals surface area contributed by atoms with Crippen molar-refractivity contribution in [1.82, 2.24) is 10.3 Å². The van der Waals surface area contributed by atoms with E-state index in [2.05, 4.69) is 23.3 Å². The van der Waals surface area contributed by atoms with Crippen molar-refractivity contribution in [3.63, 3.8) is 0 Å². The van der Waals surface area contributed by atoms with Gasteiger partial charge in [0.1, 0.15) is 5.75 Å². The number of aryl methyl sites for hydroxylation is 3. The number of benzene rings is 1. The quantitative estimate of drug-likeness (QED) is 0.879. The van der Waals surface area contributed by atoms with E-state index in [4.69, 9.17) is 16.3 Å². The fourth-order valence-corrected chi connectivity index (χ4v) is 2.58. The van der Waals surface area contributed by atoms with E-state index in [1.165, 1.54) is 0 Å². The zero-order chi connectivity index (χ0) is 15.4. The van der Waals surface area contributed by atoms with Crippen molar-refractivity contribution in [3.05, 3.63) is 51.7 Å². The number of nitrogens with zero attached hydrogens (tertiary/aromatic N) is 1. The Labute approximate surface area is 131 Å². The van der Waals surface area contributed by atoms with Crippen LogP contribution in [0.15, 0.2) is 24.4 Å². The standard InChI is InChI=1S/C17H21ClN2O/c1-5-19-9-14-6-13(4)17(20-10-14)21-16-11(2)7-15(18)8-12(16)3/h6-8,10,19H,5,9H2,1-4H3. The molecule has 0 saturated heterocycles. The number of ether oxygens (including phenoxy) is 1. The monoisotopic (exact) mass is 304 g/mol. The molecule has 0 atom stereocenters. The van der Waals surface area contributed by atoms with Crippen LogP contribution in [0.5, 0.6) is 11.6 Å². The molecule has 2 aromatic rings. The van der Waals surface area contributed by atoms with Gasteiger partial charge in [-0.3, -0.25) is 0 Å². The summed E-state index contributed by atoms with van der Waals surface area (Å²) >= 11 is 6.05. The minimum atomic E-state index is 0.642. The molecular formula is C17H21ClN2O. The van der Waals surface area contributed by atoms with Crippen LogP contribution in [0.4, 0.5) is 0 Å². The van der Waals surface area contributed by atoms with Crippen LogP contribution in [0.25, 0.3) is 0 Å². The van der Waals surface area contributed by atoms with Crippen molar-refractivity contribution in [2.24, 2.45) is 0 Å². The number of halogens is 1. The average Bonchev–Trinajstić information content (AvgIpc) is 2.42. The third kappa shape index (κ3) is 3.96. The van der Waals surface area contributed by atoms with Crippen molar-refractivity contribution < 1.29 is 4.74 Å². The Morgan fingerprint density at radius 3 is 2.33 bits per heavy atom. The number of rotatable bonds is 5. The lowest BCUT2D eigenvalue weighted by atomic mass is 10.1. The first kappa shape index (κ1) is 15.8. The van der Waals surface area contributed by atoms with Gasteiger partial charge in [0.05, 0.1) is 0 Å². The molecule has 0 amide bonds. The first-order chi connectivity index (χ1) is 10.0. The highest BCUT2D eigenvalue weighted by Crippen LogP contribution is 2.31. The van der Waals surface area contributed by atoms with Gasteiger partial charge in [0, 0.05) is 23.3 Å². The second-order valence-electron chi connectivity index (χ2n) is 5.22. The van der Waals surface area contributed by atoms with E-state index in [1.54, 1.807) is 0 Å². The lowest BCUT2D eigenvalue weighted by molar-refractivity contribution is 0.451. The van der Waals surface area contributed by atoms with Crippen LogP contribution in [0.2, 0.25) is 5.02 Å². The largest absolute Gasteiger partial charge is 0.438 e. The highest BCUT2D eigenvalue weighted by atomic mass is 35.5. The van der Waals surface area contributed by atoms with E-state index in [0.717, 1.165) is 46.1 Å². The van der Waals surface area contributed by atoms with Crippen molar-refractivity contribution in [2.75, 3.05) is 6.54 Å². The summed E-state index contributed by atoms with van der Waals surface area (Å²) in [7, 11) is 0. The van der Waals surface area contributed by atoms with Gasteiger partial charge in [-0.05, 0) is 62.2 Å². The zero-order valence-electron chi connectivity index (χ0n) is 13.0. The van der Waals surface area contributed by atoms with Crippen LogP contribution in [-0.4, -0.2) is 11.5 Å². The minimum absolute atomic E-state index is 0.642. The molecule has 3 nitrogen and oxygen atoms in total. The number of pyridine rings is 1. The molecule has 0 fully saturated rings. The Morgan fingerprint density at radius 1 is 1.10 bits per heavy atom. The molecule has 112 valence electrons. The van der Waals surface area contributed by atoms with E-state index in [1.807, 2.05) is 39.1 Å². The van der Waals surface area contributed by atoms with E-state index in [-0.39, 0.29) is 0 Å². The number of aromatic nitrogens is 1. The van der Waals surface area contributed by atoms with Gasteiger partial charge in [0.15, 0.2) is 0 Å². The highest BCUT2D eigenvalue weighted by Gasteiger charge is 2.10. The predicted molar refractivity (Wildman–Crippen MR) is 87.4 cm³/mol. The summed E-state index contributed by atoms with van der Waals surface area (Å²) in [6.07, 6.45) is 1.85. The molecule has 0 aliphatic heterocycles. The fraction of sp³-hybridized carbons (Fsp3) is 0.353. The van der Waals surface area contributed by atoms with Crippen molar-refractivity contribution in [2.45, 2.75) is 34.2 Å². The Kier molecular flexibility index (Phi) is 5.21. The molecule has 1 aromatic heterocycles. The molecule has 0 spiro atoms. The van der Waals surface area contributed by atoms with Gasteiger partial charge in [-0.2, -0.15) is 0 Å². The summed E-state index contributed by atoms with van der Waals surface area (Å²) in [6, 6.07) is 5.91. The molecule has 0 bridgehead atoms. The topological polar surface area (TPSA) is 34.2 Å². The van der Waals surface area contributed by atoms with Crippen LogP contribution in [-0.2, 0) is 6.54 Å². The van der Waals surface area contributed by atoms with Gasteiger partial charge in [-0.15, -0.1) is 0 Å². The molecule has 0 aliphatic carbocycles. The fourth-order valence-electron chi connectivity index (χ4n) is 2.25. The van der Waals surface area contributed by atoms with Gasteiger partial charge in [0.2, 0.25) is 5.88 Å². The summed E-state index contributed by atoms with van der Waals surface area (Å²) in [5, 5.41) is 4.01. The Balaban J connectivity index is 2.24. The van der Waals surface area contributed by atoms with Crippen molar-refractivity contribution in [3.8, 4) is 11.6 Å². The van der Waals surface area contributed by atoms with E-state index >= 15 is 0 Å². The maximum atomic E-state index is 6.05. The van der Waals surface area contributed by atoms with Crippen LogP contribution in [0.3, 0.4) is 0 Å². The maximum Gasteiger partial charge on any atom is 0.222 e. The molecule has 2 rings (SSSR count). The molecule has 0 saturated carbocycles. The molecule has 1 N–H and O–H groups in total. The molecule has 4 heteroatoms. The minimum Gasteiger partial charge on any atom is -0.438 e. The number of hydrogen-bond donors (Lipinski definition) is 1. The summed E-state index contributed by atoms with van der Waals surface area (Å²) in [4.78, 5) is 4.44. The first-order valence-electron chi connectivity index (χ1n) is 7.12. The highest BCUT2D eigenvalue weighted by molar-refractivity contribution is 6.30. The van der Waals surface area contributed by atoms with Crippen LogP contribution in [0.1, 0.15) is 29.2 Å². The van der Waals surface area contributed by atoms with Gasteiger partial charge in [-0.25, -0.2) is 4.98 Å².